The summed E-state index contributed by atoms with van der Waals surface area (Å²) in [7, 11) is 0. The molecule has 0 fully saturated rings. The van der Waals surface area contributed by atoms with Gasteiger partial charge in [-0.1, -0.05) is 86.6 Å². The fourth-order valence-corrected chi connectivity index (χ4v) is 4.70. The van der Waals surface area contributed by atoms with E-state index in [0.29, 0.717) is 0 Å². The van der Waals surface area contributed by atoms with Crippen LogP contribution < -0.4 is 5.32 Å². The van der Waals surface area contributed by atoms with Crippen molar-refractivity contribution in [1.29, 1.82) is 0 Å². The second-order valence-electron chi connectivity index (χ2n) is 8.90. The number of rotatable bonds is 3. The van der Waals surface area contributed by atoms with Gasteiger partial charge in [-0.2, -0.15) is 0 Å². The largest absolute Gasteiger partial charge is 0.355 e. The molecule has 0 radical (unpaired) electrons. The third kappa shape index (κ3) is 2.93. The van der Waals surface area contributed by atoms with Crippen molar-refractivity contribution in [1.82, 2.24) is 0 Å². The maximum absolute atomic E-state index is 3.74. The molecule has 0 saturated carbocycles. The molecule has 1 aliphatic carbocycles. The Labute approximate surface area is 179 Å². The highest BCUT2D eigenvalue weighted by Crippen LogP contribution is 2.50. The molecule has 0 spiro atoms. The summed E-state index contributed by atoms with van der Waals surface area (Å²) in [6, 6.07) is 30.7. The van der Waals surface area contributed by atoms with Crippen LogP contribution in [0.4, 0.5) is 11.4 Å². The zero-order valence-corrected chi connectivity index (χ0v) is 18.1. The second-order valence-corrected chi connectivity index (χ2v) is 8.90. The van der Waals surface area contributed by atoms with Crippen LogP contribution in [0, 0.1) is 13.8 Å². The molecule has 0 heterocycles. The molecule has 0 atom stereocenters. The minimum Gasteiger partial charge on any atom is -0.355 e. The highest BCUT2D eigenvalue weighted by Gasteiger charge is 2.35. The van der Waals surface area contributed by atoms with Gasteiger partial charge in [-0.25, -0.2) is 0 Å². The van der Waals surface area contributed by atoms with Crippen molar-refractivity contribution in [2.75, 3.05) is 5.32 Å². The molecule has 1 N–H and O–H groups in total. The van der Waals surface area contributed by atoms with Crippen LogP contribution in [-0.4, -0.2) is 0 Å². The van der Waals surface area contributed by atoms with Crippen molar-refractivity contribution in [2.45, 2.75) is 33.1 Å². The maximum atomic E-state index is 3.74. The number of nitrogens with one attached hydrogen (secondary N) is 1. The molecule has 1 heteroatoms. The molecule has 0 aliphatic heterocycles. The summed E-state index contributed by atoms with van der Waals surface area (Å²) in [6.07, 6.45) is 0. The highest BCUT2D eigenvalue weighted by molar-refractivity contribution is 5.85. The van der Waals surface area contributed by atoms with Gasteiger partial charge < -0.3 is 5.32 Å². The molecule has 4 aromatic rings. The Morgan fingerprint density at radius 1 is 0.567 bits per heavy atom. The van der Waals surface area contributed by atoms with Gasteiger partial charge in [0.05, 0.1) is 0 Å². The van der Waals surface area contributed by atoms with E-state index in [1.807, 2.05) is 0 Å². The quantitative estimate of drug-likeness (QED) is 0.374. The van der Waals surface area contributed by atoms with Gasteiger partial charge >= 0.3 is 0 Å². The fourth-order valence-electron chi connectivity index (χ4n) is 4.70. The molecule has 1 nitrogen and oxygen atoms in total. The first-order valence-electron chi connectivity index (χ1n) is 10.6. The average molecular weight is 390 g/mol. The molecule has 148 valence electrons. The van der Waals surface area contributed by atoms with E-state index in [4.69, 9.17) is 0 Å². The van der Waals surface area contributed by atoms with Gasteiger partial charge in [0.25, 0.3) is 0 Å². The number of benzene rings is 4. The zero-order chi connectivity index (χ0) is 20.9. The van der Waals surface area contributed by atoms with E-state index in [1.54, 1.807) is 0 Å². The minimum atomic E-state index is 0.0400. The Bertz CT molecular complexity index is 1250. The van der Waals surface area contributed by atoms with Crippen LogP contribution in [-0.2, 0) is 5.41 Å². The van der Waals surface area contributed by atoms with Gasteiger partial charge in [0.15, 0.2) is 0 Å². The molecule has 1 aliphatic rings. The van der Waals surface area contributed by atoms with Gasteiger partial charge in [-0.3, -0.25) is 0 Å². The van der Waals surface area contributed by atoms with E-state index in [1.165, 1.54) is 50.2 Å². The van der Waals surface area contributed by atoms with Crippen molar-refractivity contribution >= 4 is 11.4 Å². The molecule has 0 amide bonds. The number of fused-ring (bicyclic) bond motifs is 3. The highest BCUT2D eigenvalue weighted by atomic mass is 14.9. The van der Waals surface area contributed by atoms with Crippen molar-refractivity contribution in [3.8, 4) is 22.3 Å². The maximum Gasteiger partial charge on any atom is 0.0420 e. The van der Waals surface area contributed by atoms with Gasteiger partial charge in [0, 0.05) is 16.8 Å². The molecular weight excluding hydrogens is 362 g/mol. The molecule has 0 aromatic heterocycles. The lowest BCUT2D eigenvalue weighted by molar-refractivity contribution is 0.660. The summed E-state index contributed by atoms with van der Waals surface area (Å²) in [6.45, 7) is 9.03. The Hall–Kier alpha value is -3.32. The Balaban J connectivity index is 1.58. The summed E-state index contributed by atoms with van der Waals surface area (Å²) in [5, 5.41) is 3.74. The minimum absolute atomic E-state index is 0.0400. The summed E-state index contributed by atoms with van der Waals surface area (Å²) >= 11 is 0. The average Bonchev–Trinajstić information content (AvgIpc) is 2.97. The van der Waals surface area contributed by atoms with Crippen molar-refractivity contribution in [3.63, 3.8) is 0 Å². The molecule has 0 bridgehead atoms. The van der Waals surface area contributed by atoms with E-state index in [2.05, 4.69) is 118 Å². The van der Waals surface area contributed by atoms with Crippen LogP contribution in [0.15, 0.2) is 84.9 Å². The molecule has 5 rings (SSSR count). The van der Waals surface area contributed by atoms with Crippen molar-refractivity contribution < 1.29 is 0 Å². The number of anilines is 2. The number of hydrogen-bond donors (Lipinski definition) is 1. The van der Waals surface area contributed by atoms with Gasteiger partial charge in [-0.15, -0.1) is 0 Å². The van der Waals surface area contributed by atoms with E-state index in [9.17, 15) is 0 Å². The Morgan fingerprint density at radius 3 is 2.07 bits per heavy atom. The third-order valence-electron chi connectivity index (χ3n) is 6.54. The Kier molecular flexibility index (Phi) is 4.29. The van der Waals surface area contributed by atoms with E-state index < -0.39 is 0 Å². The number of hydrogen-bond acceptors (Lipinski definition) is 1. The molecule has 4 aromatic carbocycles. The summed E-state index contributed by atoms with van der Waals surface area (Å²) < 4.78 is 0. The SMILES string of the molecule is Cc1ccc(-c2ccccc2)cc1Nc1cc2c(cc1C)C(C)(C)c1ccccc1-2. The lowest BCUT2D eigenvalue weighted by Crippen LogP contribution is -2.15. The summed E-state index contributed by atoms with van der Waals surface area (Å²) in [4.78, 5) is 0. The molecular formula is C29H27N. The summed E-state index contributed by atoms with van der Waals surface area (Å²) in [5.41, 5.74) is 12.9. The number of aryl methyl sites for hydroxylation is 2. The lowest BCUT2D eigenvalue weighted by Gasteiger charge is -2.22. The smallest absolute Gasteiger partial charge is 0.0420 e. The van der Waals surface area contributed by atoms with Crippen LogP contribution in [0.25, 0.3) is 22.3 Å². The predicted molar refractivity (Wildman–Crippen MR) is 129 cm³/mol. The van der Waals surface area contributed by atoms with E-state index >= 15 is 0 Å². The zero-order valence-electron chi connectivity index (χ0n) is 18.1. The van der Waals surface area contributed by atoms with E-state index in [-0.39, 0.29) is 5.41 Å². The third-order valence-corrected chi connectivity index (χ3v) is 6.54. The van der Waals surface area contributed by atoms with Crippen LogP contribution in [0.3, 0.4) is 0 Å². The van der Waals surface area contributed by atoms with Crippen molar-refractivity contribution in [2.24, 2.45) is 0 Å². The molecule has 0 saturated heterocycles. The van der Waals surface area contributed by atoms with E-state index in [0.717, 1.165) is 5.69 Å². The monoisotopic (exact) mass is 389 g/mol. The first-order valence-corrected chi connectivity index (χ1v) is 10.6. The van der Waals surface area contributed by atoms with Crippen LogP contribution >= 0.6 is 0 Å². The molecule has 0 unspecified atom stereocenters. The standard InChI is InChI=1S/C29H27N/c1-19-14-15-22(21-10-6-5-7-11-21)17-27(19)30-28-18-24-23-12-8-9-13-25(23)29(3,4)26(24)16-20(28)2/h5-18,30H,1-4H3. The summed E-state index contributed by atoms with van der Waals surface area (Å²) in [5.74, 6) is 0. The first kappa shape index (κ1) is 18.7. The van der Waals surface area contributed by atoms with Gasteiger partial charge in [0.2, 0.25) is 0 Å². The normalized spacial score (nSPS) is 13.6. The van der Waals surface area contributed by atoms with Crippen LogP contribution in [0.1, 0.15) is 36.1 Å². The van der Waals surface area contributed by atoms with Crippen molar-refractivity contribution in [3.05, 3.63) is 107 Å². The van der Waals surface area contributed by atoms with Gasteiger partial charge in [-0.05, 0) is 70.5 Å². The fraction of sp³-hybridized carbons (Fsp3) is 0.172. The van der Waals surface area contributed by atoms with Crippen LogP contribution in [0.2, 0.25) is 0 Å². The predicted octanol–water partition coefficient (Wildman–Crippen LogP) is 8.02. The molecule has 30 heavy (non-hydrogen) atoms. The second kappa shape index (κ2) is 6.88. The van der Waals surface area contributed by atoms with Crippen LogP contribution in [0.5, 0.6) is 0 Å². The van der Waals surface area contributed by atoms with Gasteiger partial charge in [0.1, 0.15) is 0 Å². The Morgan fingerprint density at radius 2 is 1.27 bits per heavy atom. The first-order chi connectivity index (χ1) is 14.4. The topological polar surface area (TPSA) is 12.0 Å². The lowest BCUT2D eigenvalue weighted by atomic mass is 9.82.